The molecule has 0 radical (unpaired) electrons. The minimum atomic E-state index is 0.447. The summed E-state index contributed by atoms with van der Waals surface area (Å²) in [6.45, 7) is 9.67. The molecule has 0 fully saturated rings. The highest BCUT2D eigenvalue weighted by atomic mass is 32.1. The van der Waals surface area contributed by atoms with Crippen LogP contribution in [0.4, 0.5) is 0 Å². The maximum absolute atomic E-state index is 4.58. The zero-order valence-electron chi connectivity index (χ0n) is 9.55. The van der Waals surface area contributed by atoms with Crippen molar-refractivity contribution in [3.8, 4) is 0 Å². The highest BCUT2D eigenvalue weighted by Crippen LogP contribution is 2.25. The molecule has 1 unspecified atom stereocenters. The first-order chi connectivity index (χ1) is 6.69. The average molecular weight is 212 g/mol. The lowest BCUT2D eigenvalue weighted by Gasteiger charge is -2.09. The van der Waals surface area contributed by atoms with Gasteiger partial charge in [-0.2, -0.15) is 0 Å². The zero-order valence-corrected chi connectivity index (χ0v) is 10.4. The molecule has 0 aliphatic carbocycles. The van der Waals surface area contributed by atoms with Crippen LogP contribution < -0.4 is 5.32 Å². The van der Waals surface area contributed by atoms with Crippen molar-refractivity contribution in [2.45, 2.75) is 46.6 Å². The fourth-order valence-electron chi connectivity index (χ4n) is 1.59. The van der Waals surface area contributed by atoms with E-state index in [4.69, 9.17) is 0 Å². The molecule has 1 aromatic rings. The predicted octanol–water partition coefficient (Wildman–Crippen LogP) is 3.07. The molecular formula is C11H20N2S. The summed E-state index contributed by atoms with van der Waals surface area (Å²) in [6, 6.07) is 0.447. The van der Waals surface area contributed by atoms with Gasteiger partial charge in [0.15, 0.2) is 0 Å². The monoisotopic (exact) mass is 212 g/mol. The van der Waals surface area contributed by atoms with Gasteiger partial charge in [0, 0.05) is 10.9 Å². The molecule has 80 valence electrons. The van der Waals surface area contributed by atoms with Crippen molar-refractivity contribution >= 4 is 11.3 Å². The molecule has 0 aliphatic rings. The van der Waals surface area contributed by atoms with Crippen molar-refractivity contribution in [3.05, 3.63) is 15.6 Å². The summed E-state index contributed by atoms with van der Waals surface area (Å²) in [6.07, 6.45) is 2.30. The van der Waals surface area contributed by atoms with E-state index in [-0.39, 0.29) is 0 Å². The number of nitrogens with zero attached hydrogens (tertiary/aromatic N) is 1. The van der Waals surface area contributed by atoms with Crippen LogP contribution in [0.2, 0.25) is 0 Å². The molecule has 0 bridgehead atoms. The molecular weight excluding hydrogens is 192 g/mol. The summed E-state index contributed by atoms with van der Waals surface area (Å²) in [4.78, 5) is 5.98. The Bertz CT molecular complexity index is 281. The Labute approximate surface area is 90.8 Å². The first-order valence-corrected chi connectivity index (χ1v) is 6.20. The van der Waals surface area contributed by atoms with Gasteiger partial charge in [0.05, 0.1) is 10.7 Å². The quantitative estimate of drug-likeness (QED) is 0.811. The maximum atomic E-state index is 4.58. The van der Waals surface area contributed by atoms with Gasteiger partial charge in [0.2, 0.25) is 0 Å². The van der Waals surface area contributed by atoms with E-state index in [1.807, 2.05) is 11.3 Å². The van der Waals surface area contributed by atoms with E-state index >= 15 is 0 Å². The third-order valence-electron chi connectivity index (χ3n) is 2.24. The molecule has 1 heterocycles. The van der Waals surface area contributed by atoms with Crippen LogP contribution in [0, 0.1) is 6.92 Å². The SMILES string of the molecule is CCCc1nc(C)c(C(C)NCC)s1. The second kappa shape index (κ2) is 5.47. The van der Waals surface area contributed by atoms with Crippen molar-refractivity contribution < 1.29 is 0 Å². The smallest absolute Gasteiger partial charge is 0.0931 e. The van der Waals surface area contributed by atoms with Gasteiger partial charge >= 0.3 is 0 Å². The molecule has 1 rings (SSSR count). The van der Waals surface area contributed by atoms with Crippen LogP contribution in [-0.2, 0) is 6.42 Å². The van der Waals surface area contributed by atoms with E-state index < -0.39 is 0 Å². The van der Waals surface area contributed by atoms with Crippen LogP contribution >= 0.6 is 11.3 Å². The van der Waals surface area contributed by atoms with E-state index in [0.717, 1.165) is 13.0 Å². The van der Waals surface area contributed by atoms with Gasteiger partial charge in [-0.3, -0.25) is 0 Å². The third kappa shape index (κ3) is 2.79. The highest BCUT2D eigenvalue weighted by molar-refractivity contribution is 7.11. The number of hydrogen-bond donors (Lipinski definition) is 1. The third-order valence-corrected chi connectivity index (χ3v) is 3.64. The Kier molecular flexibility index (Phi) is 4.55. The molecule has 0 spiro atoms. The number of aromatic nitrogens is 1. The van der Waals surface area contributed by atoms with Crippen molar-refractivity contribution in [1.29, 1.82) is 0 Å². The van der Waals surface area contributed by atoms with Crippen LogP contribution in [0.3, 0.4) is 0 Å². The highest BCUT2D eigenvalue weighted by Gasteiger charge is 2.12. The molecule has 1 atom stereocenters. The van der Waals surface area contributed by atoms with Gasteiger partial charge in [-0.25, -0.2) is 4.98 Å². The summed E-state index contributed by atoms with van der Waals surface area (Å²) in [5.74, 6) is 0. The molecule has 3 heteroatoms. The van der Waals surface area contributed by atoms with Gasteiger partial charge in [-0.1, -0.05) is 13.8 Å². The first kappa shape index (κ1) is 11.7. The number of aryl methyl sites for hydroxylation is 2. The minimum absolute atomic E-state index is 0.447. The van der Waals surface area contributed by atoms with Crippen molar-refractivity contribution in [1.82, 2.24) is 10.3 Å². The lowest BCUT2D eigenvalue weighted by molar-refractivity contribution is 0.603. The van der Waals surface area contributed by atoms with E-state index in [0.29, 0.717) is 6.04 Å². The van der Waals surface area contributed by atoms with Crippen LogP contribution in [0.15, 0.2) is 0 Å². The van der Waals surface area contributed by atoms with E-state index in [9.17, 15) is 0 Å². The van der Waals surface area contributed by atoms with E-state index in [1.165, 1.54) is 22.0 Å². The van der Waals surface area contributed by atoms with Gasteiger partial charge in [0.25, 0.3) is 0 Å². The molecule has 1 aromatic heterocycles. The summed E-state index contributed by atoms with van der Waals surface area (Å²) < 4.78 is 0. The zero-order chi connectivity index (χ0) is 10.6. The van der Waals surface area contributed by atoms with Gasteiger partial charge < -0.3 is 5.32 Å². The maximum Gasteiger partial charge on any atom is 0.0931 e. The topological polar surface area (TPSA) is 24.9 Å². The van der Waals surface area contributed by atoms with Crippen LogP contribution in [0.1, 0.15) is 48.8 Å². The Morgan fingerprint density at radius 3 is 2.71 bits per heavy atom. The molecule has 0 aliphatic heterocycles. The molecule has 1 N–H and O–H groups in total. The summed E-state index contributed by atoms with van der Waals surface area (Å²) in [7, 11) is 0. The van der Waals surface area contributed by atoms with Crippen molar-refractivity contribution in [3.63, 3.8) is 0 Å². The fraction of sp³-hybridized carbons (Fsp3) is 0.727. The molecule has 14 heavy (non-hydrogen) atoms. The van der Waals surface area contributed by atoms with Crippen LogP contribution in [-0.4, -0.2) is 11.5 Å². The molecule has 0 saturated heterocycles. The van der Waals surface area contributed by atoms with Crippen molar-refractivity contribution in [2.75, 3.05) is 6.54 Å². The number of thiazole rings is 1. The Morgan fingerprint density at radius 1 is 1.43 bits per heavy atom. The molecule has 0 amide bonds. The van der Waals surface area contributed by atoms with Crippen LogP contribution in [0.5, 0.6) is 0 Å². The largest absolute Gasteiger partial charge is 0.310 e. The summed E-state index contributed by atoms with van der Waals surface area (Å²) in [5, 5.41) is 4.71. The second-order valence-corrected chi connectivity index (χ2v) is 4.70. The summed E-state index contributed by atoms with van der Waals surface area (Å²) >= 11 is 1.86. The van der Waals surface area contributed by atoms with Gasteiger partial charge in [0.1, 0.15) is 0 Å². The summed E-state index contributed by atoms with van der Waals surface area (Å²) in [5.41, 5.74) is 1.20. The van der Waals surface area contributed by atoms with E-state index in [2.05, 4.69) is 38.0 Å². The lowest BCUT2D eigenvalue weighted by atomic mass is 10.2. The molecule has 2 nitrogen and oxygen atoms in total. The predicted molar refractivity (Wildman–Crippen MR) is 62.9 cm³/mol. The van der Waals surface area contributed by atoms with Gasteiger partial charge in [-0.15, -0.1) is 11.3 Å². The van der Waals surface area contributed by atoms with Gasteiger partial charge in [-0.05, 0) is 33.2 Å². The minimum Gasteiger partial charge on any atom is -0.310 e. The van der Waals surface area contributed by atoms with Crippen molar-refractivity contribution in [2.24, 2.45) is 0 Å². The second-order valence-electron chi connectivity index (χ2n) is 3.59. The molecule has 0 aromatic carbocycles. The Morgan fingerprint density at radius 2 is 2.14 bits per heavy atom. The Balaban J connectivity index is 2.75. The standard InChI is InChI=1S/C11H20N2S/c1-5-7-10-13-9(4)11(14-10)8(3)12-6-2/h8,12H,5-7H2,1-4H3. The normalized spacial score (nSPS) is 13.1. The van der Waals surface area contributed by atoms with E-state index in [1.54, 1.807) is 0 Å². The fourth-order valence-corrected chi connectivity index (χ4v) is 2.78. The molecule has 0 saturated carbocycles. The average Bonchev–Trinajstić information content (AvgIpc) is 2.48. The first-order valence-electron chi connectivity index (χ1n) is 5.38. The van der Waals surface area contributed by atoms with Crippen LogP contribution in [0.25, 0.3) is 0 Å². The number of nitrogens with one attached hydrogen (secondary N) is 1. The lowest BCUT2D eigenvalue weighted by Crippen LogP contribution is -2.17. The Hall–Kier alpha value is -0.410. The number of hydrogen-bond acceptors (Lipinski definition) is 3. The number of rotatable bonds is 5.